The number of aromatic nitrogens is 1. The average molecular weight is 322 g/mol. The molecular weight excluding hydrogens is 304 g/mol. The lowest BCUT2D eigenvalue weighted by atomic mass is 9.97. The summed E-state index contributed by atoms with van der Waals surface area (Å²) in [6.07, 6.45) is 1.73. The van der Waals surface area contributed by atoms with Gasteiger partial charge < -0.3 is 15.0 Å². The largest absolute Gasteiger partial charge is 0.480 e. The van der Waals surface area contributed by atoms with E-state index in [1.54, 1.807) is 24.2 Å². The molecule has 0 spiro atoms. The predicted molar refractivity (Wildman–Crippen MR) is 95.6 cm³/mol. The summed E-state index contributed by atoms with van der Waals surface area (Å²) in [5.41, 5.74) is 3.64. The van der Waals surface area contributed by atoms with Crippen LogP contribution in [0.15, 0.2) is 53.5 Å². The van der Waals surface area contributed by atoms with E-state index in [1.165, 1.54) is 0 Å². The molecule has 0 radical (unpaired) electrons. The van der Waals surface area contributed by atoms with Crippen molar-refractivity contribution in [2.45, 2.75) is 6.92 Å². The average Bonchev–Trinajstić information content (AvgIpc) is 2.55. The molecule has 0 amide bonds. The molecule has 0 aliphatic rings. The summed E-state index contributed by atoms with van der Waals surface area (Å²) in [5, 5.41) is 10.3. The number of likely N-dealkylation sites (N-methyl/N-ethyl adjacent to an activating group) is 1. The van der Waals surface area contributed by atoms with Crippen molar-refractivity contribution in [3.05, 3.63) is 64.6 Å². The molecule has 5 heteroatoms. The molecule has 2 N–H and O–H groups in total. The first-order chi connectivity index (χ1) is 11.5. The van der Waals surface area contributed by atoms with Gasteiger partial charge in [0.05, 0.1) is 0 Å². The second-order valence-electron chi connectivity index (χ2n) is 5.83. The number of carbonyl (C=O) groups is 1. The molecule has 0 saturated carbocycles. The first-order valence-electron chi connectivity index (χ1n) is 7.62. The van der Waals surface area contributed by atoms with E-state index < -0.39 is 5.97 Å². The quantitative estimate of drug-likeness (QED) is 0.774. The minimum Gasteiger partial charge on any atom is -0.480 e. The van der Waals surface area contributed by atoms with E-state index in [9.17, 15) is 9.59 Å². The normalized spacial score (nSPS) is 10.8. The van der Waals surface area contributed by atoms with Gasteiger partial charge in [-0.05, 0) is 35.6 Å². The maximum absolute atomic E-state index is 12.3. The molecule has 0 saturated heterocycles. The van der Waals surface area contributed by atoms with Crippen LogP contribution in [0.3, 0.4) is 0 Å². The highest BCUT2D eigenvalue weighted by atomic mass is 16.4. The summed E-state index contributed by atoms with van der Waals surface area (Å²) in [6, 6.07) is 13.4. The van der Waals surface area contributed by atoms with Crippen molar-refractivity contribution in [1.82, 2.24) is 4.98 Å². The zero-order chi connectivity index (χ0) is 17.3. The molecule has 0 bridgehead atoms. The predicted octanol–water partition coefficient (Wildman–Crippen LogP) is 3.02. The van der Waals surface area contributed by atoms with Gasteiger partial charge in [-0.2, -0.15) is 0 Å². The van der Waals surface area contributed by atoms with Crippen LogP contribution in [-0.2, 0) is 4.79 Å². The topological polar surface area (TPSA) is 73.4 Å². The Morgan fingerprint density at radius 3 is 2.58 bits per heavy atom. The molecule has 24 heavy (non-hydrogen) atoms. The fourth-order valence-electron chi connectivity index (χ4n) is 2.88. The molecule has 0 aliphatic carbocycles. The van der Waals surface area contributed by atoms with Gasteiger partial charge in [0, 0.05) is 29.9 Å². The summed E-state index contributed by atoms with van der Waals surface area (Å²) in [4.78, 5) is 27.5. The number of fused-ring (bicyclic) bond motifs is 1. The van der Waals surface area contributed by atoms with Crippen molar-refractivity contribution < 1.29 is 9.90 Å². The van der Waals surface area contributed by atoms with Crippen LogP contribution in [0.2, 0.25) is 0 Å². The molecular formula is C19H18N2O3. The van der Waals surface area contributed by atoms with Crippen LogP contribution in [0.5, 0.6) is 0 Å². The van der Waals surface area contributed by atoms with Crippen molar-refractivity contribution in [2.75, 3.05) is 18.5 Å². The van der Waals surface area contributed by atoms with Crippen LogP contribution in [0.4, 0.5) is 5.69 Å². The first kappa shape index (κ1) is 15.8. The Labute approximate surface area is 139 Å². The number of carboxylic acids is 1. The first-order valence-corrected chi connectivity index (χ1v) is 7.62. The smallest absolute Gasteiger partial charge is 0.323 e. The van der Waals surface area contributed by atoms with E-state index in [2.05, 4.69) is 4.98 Å². The van der Waals surface area contributed by atoms with Crippen LogP contribution in [-0.4, -0.2) is 29.7 Å². The number of aryl methyl sites for hydroxylation is 1. The molecule has 1 heterocycles. The Bertz CT molecular complexity index is 976. The maximum Gasteiger partial charge on any atom is 0.323 e. The highest BCUT2D eigenvalue weighted by Gasteiger charge is 2.12. The third kappa shape index (κ3) is 2.88. The Hall–Kier alpha value is -3.08. The van der Waals surface area contributed by atoms with E-state index in [0.29, 0.717) is 11.1 Å². The number of nitrogens with one attached hydrogen (secondary N) is 1. The van der Waals surface area contributed by atoms with E-state index in [4.69, 9.17) is 5.11 Å². The van der Waals surface area contributed by atoms with Crippen LogP contribution in [0.1, 0.15) is 5.56 Å². The highest BCUT2D eigenvalue weighted by molar-refractivity contribution is 5.98. The number of nitrogens with zero attached hydrogens (tertiary/aromatic N) is 1. The minimum absolute atomic E-state index is 0.124. The maximum atomic E-state index is 12.3. The standard InChI is InChI=1S/C19H18N2O3/c1-12-5-3-4-6-14(12)17-10-20-19(24)16-9-13(7-8-15(16)17)21(2)11-18(22)23/h3-10H,11H2,1-2H3,(H,20,24)(H,22,23). The number of hydrogen-bond donors (Lipinski definition) is 2. The molecule has 122 valence electrons. The summed E-state index contributed by atoms with van der Waals surface area (Å²) in [5.74, 6) is -0.917. The third-order valence-electron chi connectivity index (χ3n) is 4.13. The molecule has 0 unspecified atom stereocenters. The SMILES string of the molecule is Cc1ccccc1-c1c[nH]c(=O)c2cc(N(C)CC(=O)O)ccc12. The van der Waals surface area contributed by atoms with Crippen LogP contribution in [0.25, 0.3) is 21.9 Å². The number of carboxylic acid groups (broad SMARTS) is 1. The number of pyridine rings is 1. The van der Waals surface area contributed by atoms with Crippen molar-refractivity contribution in [2.24, 2.45) is 0 Å². The Morgan fingerprint density at radius 2 is 1.88 bits per heavy atom. The van der Waals surface area contributed by atoms with Crippen LogP contribution < -0.4 is 10.5 Å². The molecule has 2 aromatic carbocycles. The van der Waals surface area contributed by atoms with Crippen molar-refractivity contribution in [1.29, 1.82) is 0 Å². The second-order valence-corrected chi connectivity index (χ2v) is 5.83. The number of H-pyrrole nitrogens is 1. The van der Waals surface area contributed by atoms with E-state index in [-0.39, 0.29) is 12.1 Å². The summed E-state index contributed by atoms with van der Waals surface area (Å²) >= 11 is 0. The highest BCUT2D eigenvalue weighted by Crippen LogP contribution is 2.30. The van der Waals surface area contributed by atoms with E-state index in [1.807, 2.05) is 43.3 Å². The molecule has 3 rings (SSSR count). The van der Waals surface area contributed by atoms with Crippen molar-refractivity contribution in [3.8, 4) is 11.1 Å². The van der Waals surface area contributed by atoms with Gasteiger partial charge in [-0.3, -0.25) is 9.59 Å². The van der Waals surface area contributed by atoms with Gasteiger partial charge in [-0.25, -0.2) is 0 Å². The summed E-state index contributed by atoms with van der Waals surface area (Å²) in [6.45, 7) is 1.90. The van der Waals surface area contributed by atoms with Gasteiger partial charge in [0.2, 0.25) is 0 Å². The van der Waals surface area contributed by atoms with Gasteiger partial charge in [-0.15, -0.1) is 0 Å². The number of aromatic amines is 1. The summed E-state index contributed by atoms with van der Waals surface area (Å²) < 4.78 is 0. The van der Waals surface area contributed by atoms with Gasteiger partial charge in [0.1, 0.15) is 6.54 Å². The lowest BCUT2D eigenvalue weighted by Crippen LogP contribution is -2.25. The van der Waals surface area contributed by atoms with E-state index in [0.717, 1.165) is 22.1 Å². The van der Waals surface area contributed by atoms with Gasteiger partial charge in [0.15, 0.2) is 0 Å². The molecule has 0 atom stereocenters. The Morgan fingerprint density at radius 1 is 1.12 bits per heavy atom. The van der Waals surface area contributed by atoms with Gasteiger partial charge in [0.25, 0.3) is 5.56 Å². The fourth-order valence-corrected chi connectivity index (χ4v) is 2.88. The van der Waals surface area contributed by atoms with Crippen LogP contribution in [0, 0.1) is 6.92 Å². The Balaban J connectivity index is 2.18. The Kier molecular flexibility index (Phi) is 4.08. The second kappa shape index (κ2) is 6.20. The molecule has 3 aromatic rings. The lowest BCUT2D eigenvalue weighted by Gasteiger charge is -2.18. The minimum atomic E-state index is -0.917. The third-order valence-corrected chi connectivity index (χ3v) is 4.13. The monoisotopic (exact) mass is 322 g/mol. The number of hydrogen-bond acceptors (Lipinski definition) is 3. The van der Waals surface area contributed by atoms with Gasteiger partial charge >= 0.3 is 5.97 Å². The van der Waals surface area contributed by atoms with Gasteiger partial charge in [-0.1, -0.05) is 30.3 Å². The summed E-state index contributed by atoms with van der Waals surface area (Å²) in [7, 11) is 1.69. The molecule has 1 aromatic heterocycles. The zero-order valence-electron chi connectivity index (χ0n) is 13.5. The van der Waals surface area contributed by atoms with Crippen molar-refractivity contribution in [3.63, 3.8) is 0 Å². The zero-order valence-corrected chi connectivity index (χ0v) is 13.5. The van der Waals surface area contributed by atoms with Crippen molar-refractivity contribution >= 4 is 22.4 Å². The number of benzene rings is 2. The number of rotatable bonds is 4. The molecule has 0 fully saturated rings. The molecule has 5 nitrogen and oxygen atoms in total. The van der Waals surface area contributed by atoms with E-state index >= 15 is 0 Å². The molecule has 0 aliphatic heterocycles. The number of aliphatic carboxylic acids is 1. The lowest BCUT2D eigenvalue weighted by molar-refractivity contribution is -0.135. The number of anilines is 1. The fraction of sp³-hybridized carbons (Fsp3) is 0.158. The van der Waals surface area contributed by atoms with Crippen LogP contribution >= 0.6 is 0 Å².